The summed E-state index contributed by atoms with van der Waals surface area (Å²) in [5, 5.41) is 5.17. The fraction of sp³-hybridized carbons (Fsp3) is 0.0769. The van der Waals surface area contributed by atoms with Crippen molar-refractivity contribution in [2.24, 2.45) is 5.14 Å². The van der Waals surface area contributed by atoms with Crippen molar-refractivity contribution in [1.29, 1.82) is 0 Å². The first-order chi connectivity index (χ1) is 9.81. The largest absolute Gasteiger partial charge is 0.497 e. The summed E-state index contributed by atoms with van der Waals surface area (Å²) in [4.78, 5) is -0.176. The summed E-state index contributed by atoms with van der Waals surface area (Å²) in [6.45, 7) is 0. The highest BCUT2D eigenvalue weighted by atomic mass is 79.9. The number of halogens is 1. The number of anilines is 1. The fourth-order valence-electron chi connectivity index (χ4n) is 1.64. The van der Waals surface area contributed by atoms with Gasteiger partial charge in [0.05, 0.1) is 11.6 Å². The Labute approximate surface area is 130 Å². The van der Waals surface area contributed by atoms with Gasteiger partial charge in [-0.3, -0.25) is 0 Å². The number of rotatable bonds is 4. The molecule has 0 amide bonds. The van der Waals surface area contributed by atoms with Gasteiger partial charge in [0, 0.05) is 5.69 Å². The summed E-state index contributed by atoms with van der Waals surface area (Å²) in [6.07, 6.45) is 0. The molecule has 2 rings (SSSR count). The molecule has 0 saturated carbocycles. The van der Waals surface area contributed by atoms with Gasteiger partial charge in [-0.25, -0.2) is 13.6 Å². The molecule has 0 saturated heterocycles. The summed E-state index contributed by atoms with van der Waals surface area (Å²) >= 11 is 3.32. The van der Waals surface area contributed by atoms with E-state index in [2.05, 4.69) is 15.9 Å². The molecule has 21 heavy (non-hydrogen) atoms. The van der Waals surface area contributed by atoms with E-state index in [4.69, 9.17) is 20.3 Å². The lowest BCUT2D eigenvalue weighted by Crippen LogP contribution is -2.13. The molecule has 0 fully saturated rings. The second-order valence-corrected chi connectivity index (χ2v) is 6.53. The van der Waals surface area contributed by atoms with Gasteiger partial charge in [0.15, 0.2) is 0 Å². The van der Waals surface area contributed by atoms with Gasteiger partial charge in [-0.05, 0) is 52.3 Å². The summed E-state index contributed by atoms with van der Waals surface area (Å²) < 4.78 is 34.5. The van der Waals surface area contributed by atoms with Gasteiger partial charge in [-0.1, -0.05) is 0 Å². The Morgan fingerprint density at radius 3 is 2.33 bits per heavy atom. The first-order valence-electron chi connectivity index (χ1n) is 5.75. The quantitative estimate of drug-likeness (QED) is 0.802. The molecule has 0 radical (unpaired) electrons. The predicted octanol–water partition coefficient (Wildman–Crippen LogP) is 2.48. The van der Waals surface area contributed by atoms with Crippen molar-refractivity contribution in [3.05, 3.63) is 40.9 Å². The molecule has 4 N–H and O–H groups in total. The highest BCUT2D eigenvalue weighted by molar-refractivity contribution is 9.10. The van der Waals surface area contributed by atoms with E-state index >= 15 is 0 Å². The van der Waals surface area contributed by atoms with Crippen LogP contribution < -0.4 is 20.3 Å². The van der Waals surface area contributed by atoms with Crippen LogP contribution in [0.25, 0.3) is 0 Å². The molecule has 0 atom stereocenters. The molecule has 2 aromatic carbocycles. The summed E-state index contributed by atoms with van der Waals surface area (Å²) in [6, 6.07) is 9.26. The zero-order chi connectivity index (χ0) is 15.6. The summed E-state index contributed by atoms with van der Waals surface area (Å²) in [7, 11) is -2.40. The number of sulfonamides is 1. The number of benzene rings is 2. The first-order valence-corrected chi connectivity index (χ1v) is 8.09. The molecule has 8 heteroatoms. The lowest BCUT2D eigenvalue weighted by atomic mass is 10.3. The monoisotopic (exact) mass is 372 g/mol. The molecule has 0 heterocycles. The van der Waals surface area contributed by atoms with Gasteiger partial charge < -0.3 is 15.2 Å². The van der Waals surface area contributed by atoms with E-state index in [-0.39, 0.29) is 16.3 Å². The third-order valence-electron chi connectivity index (χ3n) is 2.63. The molecule has 0 aliphatic rings. The normalized spacial score (nSPS) is 11.2. The molecule has 6 nitrogen and oxygen atoms in total. The zero-order valence-corrected chi connectivity index (χ0v) is 13.4. The number of hydrogen-bond donors (Lipinski definition) is 2. The Morgan fingerprint density at radius 2 is 1.76 bits per heavy atom. The number of ether oxygens (including phenoxy) is 2. The Bertz CT molecular complexity index is 778. The van der Waals surface area contributed by atoms with Crippen LogP contribution in [-0.2, 0) is 10.0 Å². The predicted molar refractivity (Wildman–Crippen MR) is 83.0 cm³/mol. The topological polar surface area (TPSA) is 105 Å². The Kier molecular flexibility index (Phi) is 4.40. The average molecular weight is 373 g/mol. The minimum absolute atomic E-state index is 0.0950. The van der Waals surface area contributed by atoms with Gasteiger partial charge in [0.2, 0.25) is 10.0 Å². The maximum atomic E-state index is 11.6. The van der Waals surface area contributed by atoms with E-state index in [1.165, 1.54) is 18.2 Å². The third-order valence-corrected chi connectivity index (χ3v) is 4.19. The lowest BCUT2D eigenvalue weighted by molar-refractivity contribution is 0.411. The number of hydrogen-bond acceptors (Lipinski definition) is 5. The molecule has 0 bridgehead atoms. The van der Waals surface area contributed by atoms with Crippen molar-refractivity contribution in [2.45, 2.75) is 4.90 Å². The minimum Gasteiger partial charge on any atom is -0.497 e. The van der Waals surface area contributed by atoms with Crippen LogP contribution in [-0.4, -0.2) is 15.5 Å². The third kappa shape index (κ3) is 3.66. The van der Waals surface area contributed by atoms with E-state index in [1.54, 1.807) is 25.3 Å². The SMILES string of the molecule is COc1ccc(Oc2ccc(N)cc2S(N)(=O)=O)c(Br)c1. The maximum absolute atomic E-state index is 11.6. The van der Waals surface area contributed by atoms with Gasteiger partial charge in [0.1, 0.15) is 22.1 Å². The Morgan fingerprint density at radius 1 is 1.10 bits per heavy atom. The van der Waals surface area contributed by atoms with Crippen LogP contribution in [0.2, 0.25) is 0 Å². The van der Waals surface area contributed by atoms with Crippen molar-refractivity contribution in [2.75, 3.05) is 12.8 Å². The van der Waals surface area contributed by atoms with E-state index in [0.29, 0.717) is 16.0 Å². The number of methoxy groups -OCH3 is 1. The molecule has 0 spiro atoms. The highest BCUT2D eigenvalue weighted by Crippen LogP contribution is 2.35. The molecule has 0 aromatic heterocycles. The Hall–Kier alpha value is -1.77. The summed E-state index contributed by atoms with van der Waals surface area (Å²) in [5.41, 5.74) is 5.86. The molecule has 0 unspecified atom stereocenters. The number of primary sulfonamides is 1. The Balaban J connectivity index is 2.45. The van der Waals surface area contributed by atoms with Crippen LogP contribution in [0.5, 0.6) is 17.2 Å². The molecular formula is C13H13BrN2O4S. The van der Waals surface area contributed by atoms with Crippen molar-refractivity contribution in [3.63, 3.8) is 0 Å². The van der Waals surface area contributed by atoms with Crippen molar-refractivity contribution in [3.8, 4) is 17.2 Å². The van der Waals surface area contributed by atoms with E-state index in [1.807, 2.05) is 0 Å². The smallest absolute Gasteiger partial charge is 0.241 e. The summed E-state index contributed by atoms with van der Waals surface area (Å²) in [5.74, 6) is 1.15. The van der Waals surface area contributed by atoms with Crippen LogP contribution in [0.3, 0.4) is 0 Å². The molecule has 0 aliphatic carbocycles. The molecule has 2 aromatic rings. The van der Waals surface area contributed by atoms with Gasteiger partial charge in [-0.2, -0.15) is 0 Å². The average Bonchev–Trinajstić information content (AvgIpc) is 2.41. The van der Waals surface area contributed by atoms with Gasteiger partial charge in [0.25, 0.3) is 0 Å². The standard InChI is InChI=1S/C13H13BrN2O4S/c1-19-9-3-5-11(10(14)7-9)20-12-4-2-8(15)6-13(12)21(16,17)18/h2-7H,15H2,1H3,(H2,16,17,18). The van der Waals surface area contributed by atoms with Crippen LogP contribution in [0.1, 0.15) is 0 Å². The van der Waals surface area contributed by atoms with E-state index in [0.717, 1.165) is 0 Å². The minimum atomic E-state index is -3.95. The molecule has 112 valence electrons. The molecular weight excluding hydrogens is 360 g/mol. The number of nitrogen functional groups attached to an aromatic ring is 1. The van der Waals surface area contributed by atoms with Crippen molar-refractivity contribution >= 4 is 31.6 Å². The molecule has 0 aliphatic heterocycles. The second-order valence-electron chi connectivity index (χ2n) is 4.15. The van der Waals surface area contributed by atoms with E-state index < -0.39 is 10.0 Å². The van der Waals surface area contributed by atoms with Crippen LogP contribution >= 0.6 is 15.9 Å². The maximum Gasteiger partial charge on any atom is 0.241 e. The van der Waals surface area contributed by atoms with E-state index in [9.17, 15) is 8.42 Å². The lowest BCUT2D eigenvalue weighted by Gasteiger charge is -2.12. The van der Waals surface area contributed by atoms with Crippen molar-refractivity contribution in [1.82, 2.24) is 0 Å². The second kappa shape index (κ2) is 5.92. The van der Waals surface area contributed by atoms with Crippen LogP contribution in [0, 0.1) is 0 Å². The number of nitrogens with two attached hydrogens (primary N) is 2. The van der Waals surface area contributed by atoms with Gasteiger partial charge in [-0.15, -0.1) is 0 Å². The fourth-order valence-corrected chi connectivity index (χ4v) is 2.77. The van der Waals surface area contributed by atoms with Crippen LogP contribution in [0.15, 0.2) is 45.8 Å². The highest BCUT2D eigenvalue weighted by Gasteiger charge is 2.17. The first kappa shape index (κ1) is 15.6. The zero-order valence-electron chi connectivity index (χ0n) is 11.0. The van der Waals surface area contributed by atoms with Crippen LogP contribution in [0.4, 0.5) is 5.69 Å². The van der Waals surface area contributed by atoms with Gasteiger partial charge >= 0.3 is 0 Å². The van der Waals surface area contributed by atoms with Crippen molar-refractivity contribution < 1.29 is 17.9 Å².